The lowest BCUT2D eigenvalue weighted by molar-refractivity contribution is -0.115. The monoisotopic (exact) mass is 585 g/mol. The van der Waals surface area contributed by atoms with E-state index in [-0.39, 0.29) is 39.0 Å². The predicted molar refractivity (Wildman–Crippen MR) is 140 cm³/mol. The number of nitrogens with one attached hydrogen (secondary N) is 1. The summed E-state index contributed by atoms with van der Waals surface area (Å²) in [7, 11) is -2.67. The third kappa shape index (κ3) is 6.71. The van der Waals surface area contributed by atoms with Crippen LogP contribution >= 0.6 is 22.7 Å². The van der Waals surface area contributed by atoms with Crippen LogP contribution in [0.5, 0.6) is 0 Å². The number of rotatable bonds is 9. The van der Waals surface area contributed by atoms with Gasteiger partial charge in [-0.3, -0.25) is 9.59 Å². The molecule has 1 aromatic carbocycles. The lowest BCUT2D eigenvalue weighted by Gasteiger charge is -2.07. The molecule has 0 fully saturated rings. The molecule has 0 spiro atoms. The van der Waals surface area contributed by atoms with Crippen molar-refractivity contribution in [2.45, 2.75) is 20.8 Å². The number of amides is 2. The van der Waals surface area contributed by atoms with E-state index in [4.69, 9.17) is 9.47 Å². The van der Waals surface area contributed by atoms with Gasteiger partial charge in [0.05, 0.1) is 29.0 Å². The van der Waals surface area contributed by atoms with E-state index in [1.165, 1.54) is 29.7 Å². The van der Waals surface area contributed by atoms with E-state index in [1.807, 2.05) is 0 Å². The number of halogens is 1. The number of nitrogens with zero attached hydrogens (tertiary/aromatic N) is 2. The number of sulfone groups is 1. The molecular weight excluding hydrogens is 561 g/mol. The normalized spacial score (nSPS) is 12.0. The van der Waals surface area contributed by atoms with Crippen molar-refractivity contribution in [3.05, 3.63) is 44.8 Å². The maximum Gasteiger partial charge on any atom is 0.348 e. The average Bonchev–Trinajstić information content (AvgIpc) is 3.28. The quantitative estimate of drug-likeness (QED) is 0.377. The first-order chi connectivity index (χ1) is 17.9. The van der Waals surface area contributed by atoms with Gasteiger partial charge in [-0.15, -0.1) is 11.3 Å². The topological polar surface area (TPSA) is 150 Å². The number of carbonyl (C=O) groups excluding carboxylic acids is 4. The number of fused-ring (bicyclic) bond motifs is 1. The van der Waals surface area contributed by atoms with Crippen LogP contribution < -0.4 is 10.1 Å². The number of anilines is 1. The van der Waals surface area contributed by atoms with Gasteiger partial charge >= 0.3 is 11.9 Å². The fourth-order valence-electron chi connectivity index (χ4n) is 3.40. The molecule has 0 radical (unpaired) electrons. The fourth-order valence-corrected chi connectivity index (χ4v) is 6.58. The first-order valence-corrected chi connectivity index (χ1v) is 14.6. The van der Waals surface area contributed by atoms with Gasteiger partial charge in [0.25, 0.3) is 5.91 Å². The van der Waals surface area contributed by atoms with Gasteiger partial charge in [0, 0.05) is 7.05 Å². The molecule has 0 aliphatic heterocycles. The summed E-state index contributed by atoms with van der Waals surface area (Å²) in [6.07, 6.45) is 0. The van der Waals surface area contributed by atoms with Crippen LogP contribution in [0.25, 0.3) is 10.2 Å². The fraction of sp³-hybridized carbons (Fsp3) is 0.348. The highest BCUT2D eigenvalue weighted by atomic mass is 32.2. The standard InChI is InChI=1S/C23H24FN3O8S3/c1-5-34-21(30)18-12(3)19(22(31)35-6-2)37-20(18)25-16(28)10-38(32,33)11-17(29)26-23-27(4)14-8-7-13(24)9-15(14)36-23/h7-9H,5-6,10-11H2,1-4H3,(H,25,28). The Kier molecular flexibility index (Phi) is 9.17. The summed E-state index contributed by atoms with van der Waals surface area (Å²) in [6.45, 7) is 4.78. The number of thiazole rings is 1. The number of carbonyl (C=O) groups is 4. The van der Waals surface area contributed by atoms with Crippen LogP contribution in [-0.4, -0.2) is 61.5 Å². The van der Waals surface area contributed by atoms with E-state index < -0.39 is 50.9 Å². The van der Waals surface area contributed by atoms with Crippen LogP contribution in [0.4, 0.5) is 9.39 Å². The summed E-state index contributed by atoms with van der Waals surface area (Å²) in [4.78, 5) is 53.7. The van der Waals surface area contributed by atoms with Crippen LogP contribution in [0.3, 0.4) is 0 Å². The molecule has 3 aromatic rings. The molecule has 2 heterocycles. The second kappa shape index (κ2) is 12.0. The zero-order valence-corrected chi connectivity index (χ0v) is 23.3. The number of esters is 2. The van der Waals surface area contributed by atoms with Gasteiger partial charge in [-0.25, -0.2) is 22.4 Å². The zero-order chi connectivity index (χ0) is 28.2. The number of aromatic nitrogens is 1. The molecule has 0 bridgehead atoms. The Labute approximate surface area is 224 Å². The smallest absolute Gasteiger partial charge is 0.348 e. The molecular formula is C23H24FN3O8S3. The van der Waals surface area contributed by atoms with E-state index in [0.29, 0.717) is 10.2 Å². The molecule has 0 saturated heterocycles. The summed E-state index contributed by atoms with van der Waals surface area (Å²) >= 11 is 1.75. The van der Waals surface area contributed by atoms with E-state index >= 15 is 0 Å². The number of thiophene rings is 1. The van der Waals surface area contributed by atoms with Gasteiger partial charge < -0.3 is 19.4 Å². The maximum atomic E-state index is 13.5. The van der Waals surface area contributed by atoms with Crippen LogP contribution in [-0.2, 0) is 35.9 Å². The van der Waals surface area contributed by atoms with Crippen LogP contribution in [0.1, 0.15) is 39.4 Å². The molecule has 38 heavy (non-hydrogen) atoms. The predicted octanol–water partition coefficient (Wildman–Crippen LogP) is 2.58. The van der Waals surface area contributed by atoms with Gasteiger partial charge in [0.1, 0.15) is 27.2 Å². The van der Waals surface area contributed by atoms with Crippen molar-refractivity contribution in [2.75, 3.05) is 30.0 Å². The first-order valence-electron chi connectivity index (χ1n) is 11.2. The van der Waals surface area contributed by atoms with Crippen molar-refractivity contribution >= 4 is 71.5 Å². The average molecular weight is 586 g/mol. The molecule has 3 rings (SSSR count). The largest absolute Gasteiger partial charge is 0.462 e. The summed E-state index contributed by atoms with van der Waals surface area (Å²) in [5, 5.41) is 2.25. The van der Waals surface area contributed by atoms with Gasteiger partial charge in [0.2, 0.25) is 5.91 Å². The number of benzene rings is 1. The highest BCUT2D eigenvalue weighted by Crippen LogP contribution is 2.34. The van der Waals surface area contributed by atoms with E-state index in [0.717, 1.165) is 22.7 Å². The van der Waals surface area contributed by atoms with Crippen molar-refractivity contribution in [1.82, 2.24) is 4.57 Å². The van der Waals surface area contributed by atoms with Gasteiger partial charge in [-0.05, 0) is 44.5 Å². The summed E-state index contributed by atoms with van der Waals surface area (Å²) < 4.78 is 50.6. The van der Waals surface area contributed by atoms with Crippen LogP contribution in [0.15, 0.2) is 23.2 Å². The van der Waals surface area contributed by atoms with Gasteiger partial charge in [-0.1, -0.05) is 11.3 Å². The van der Waals surface area contributed by atoms with Crippen molar-refractivity contribution in [1.29, 1.82) is 0 Å². The van der Waals surface area contributed by atoms with Crippen molar-refractivity contribution in [3.63, 3.8) is 0 Å². The highest BCUT2D eigenvalue weighted by Gasteiger charge is 2.29. The molecule has 0 saturated carbocycles. The van der Waals surface area contributed by atoms with Crippen molar-refractivity contribution in [3.8, 4) is 0 Å². The molecule has 1 N–H and O–H groups in total. The number of hydrogen-bond donors (Lipinski definition) is 1. The molecule has 2 aromatic heterocycles. The molecule has 2 amide bonds. The molecule has 0 atom stereocenters. The van der Waals surface area contributed by atoms with Crippen LogP contribution in [0, 0.1) is 12.7 Å². The number of aryl methyl sites for hydroxylation is 1. The minimum atomic E-state index is -4.26. The van der Waals surface area contributed by atoms with E-state index in [9.17, 15) is 32.0 Å². The Morgan fingerprint density at radius 1 is 1.05 bits per heavy atom. The van der Waals surface area contributed by atoms with Gasteiger partial charge in [-0.2, -0.15) is 4.99 Å². The Morgan fingerprint density at radius 2 is 1.71 bits per heavy atom. The molecule has 11 nitrogen and oxygen atoms in total. The summed E-state index contributed by atoms with van der Waals surface area (Å²) in [5.41, 5.74) is 0.733. The molecule has 0 unspecified atom stereocenters. The summed E-state index contributed by atoms with van der Waals surface area (Å²) in [6, 6.07) is 4.03. The Balaban J connectivity index is 1.78. The Hall–Kier alpha value is -3.43. The second-order valence-electron chi connectivity index (χ2n) is 7.84. The third-order valence-electron chi connectivity index (χ3n) is 5.03. The minimum Gasteiger partial charge on any atom is -0.462 e. The molecule has 0 aliphatic carbocycles. The van der Waals surface area contributed by atoms with Crippen molar-refractivity contribution < 1.29 is 41.5 Å². The minimum absolute atomic E-state index is 0.0305. The lowest BCUT2D eigenvalue weighted by atomic mass is 10.1. The highest BCUT2D eigenvalue weighted by molar-refractivity contribution is 7.92. The Bertz CT molecular complexity index is 1600. The second-order valence-corrected chi connectivity index (χ2v) is 11.9. The molecule has 0 aliphatic rings. The SMILES string of the molecule is CCOC(=O)c1sc(NC(=O)CS(=O)(=O)CC(=O)N=c2sc3cc(F)ccc3n2C)c(C(=O)OCC)c1C. The third-order valence-corrected chi connectivity index (χ3v) is 8.70. The van der Waals surface area contributed by atoms with Gasteiger partial charge in [0.15, 0.2) is 14.6 Å². The number of hydrogen-bond acceptors (Lipinski definition) is 10. The van der Waals surface area contributed by atoms with E-state index in [2.05, 4.69) is 10.3 Å². The maximum absolute atomic E-state index is 13.5. The van der Waals surface area contributed by atoms with Crippen molar-refractivity contribution in [2.24, 2.45) is 12.0 Å². The molecule has 204 valence electrons. The summed E-state index contributed by atoms with van der Waals surface area (Å²) in [5.74, 6) is -6.14. The molecule has 15 heteroatoms. The zero-order valence-electron chi connectivity index (χ0n) is 20.8. The Morgan fingerprint density at radius 3 is 2.37 bits per heavy atom. The number of ether oxygens (including phenoxy) is 2. The lowest BCUT2D eigenvalue weighted by Crippen LogP contribution is -2.28. The van der Waals surface area contributed by atoms with Crippen LogP contribution in [0.2, 0.25) is 0 Å². The van der Waals surface area contributed by atoms with E-state index in [1.54, 1.807) is 20.9 Å². The first kappa shape index (κ1) is 29.1.